The summed E-state index contributed by atoms with van der Waals surface area (Å²) in [5.74, 6) is 1.03. The van der Waals surface area contributed by atoms with Crippen molar-refractivity contribution in [3.8, 4) is 0 Å². The monoisotopic (exact) mass is 382 g/mol. The van der Waals surface area contributed by atoms with Crippen molar-refractivity contribution in [3.63, 3.8) is 0 Å². The number of aryl methyl sites for hydroxylation is 2. The average molecular weight is 383 g/mol. The molecule has 3 heterocycles. The molecule has 0 spiro atoms. The number of nitrogens with one attached hydrogen (secondary N) is 3. The predicted molar refractivity (Wildman–Crippen MR) is 96.6 cm³/mol. The summed E-state index contributed by atoms with van der Waals surface area (Å²) in [6.07, 6.45) is 3.28. The number of halogens is 1. The number of carbonyl (C=O) groups is 1. The number of aromatic amines is 1. The van der Waals surface area contributed by atoms with E-state index in [0.717, 1.165) is 25.9 Å². The molecule has 10 heteroatoms. The minimum absolute atomic E-state index is 0. The molecular weight excluding hydrogens is 360 g/mol. The number of hydrogen-bond acceptors (Lipinski definition) is 7. The Bertz CT molecular complexity index is 771. The molecular formula is C16H23ClN6O3. The van der Waals surface area contributed by atoms with Gasteiger partial charge in [0, 0.05) is 25.4 Å². The highest BCUT2D eigenvalue weighted by atomic mass is 35.5. The molecule has 26 heavy (non-hydrogen) atoms. The molecule has 2 aromatic heterocycles. The van der Waals surface area contributed by atoms with Crippen LogP contribution in [0.25, 0.3) is 0 Å². The lowest BCUT2D eigenvalue weighted by Crippen LogP contribution is -2.32. The van der Waals surface area contributed by atoms with Gasteiger partial charge in [-0.15, -0.1) is 22.6 Å². The van der Waals surface area contributed by atoms with Crippen molar-refractivity contribution < 1.29 is 9.21 Å². The molecule has 9 nitrogen and oxygen atoms in total. The summed E-state index contributed by atoms with van der Waals surface area (Å²) in [6, 6.07) is 1.81. The Labute approximate surface area is 156 Å². The first-order valence-corrected chi connectivity index (χ1v) is 8.51. The van der Waals surface area contributed by atoms with Gasteiger partial charge in [0.15, 0.2) is 5.82 Å². The summed E-state index contributed by atoms with van der Waals surface area (Å²) < 4.78 is 5.43. The van der Waals surface area contributed by atoms with Crippen LogP contribution in [0, 0.1) is 6.92 Å². The van der Waals surface area contributed by atoms with Crippen LogP contribution >= 0.6 is 12.4 Å². The number of amides is 1. The minimum atomic E-state index is -0.573. The molecule has 1 fully saturated rings. The van der Waals surface area contributed by atoms with E-state index in [0.29, 0.717) is 36.5 Å². The first kappa shape index (κ1) is 20.1. The van der Waals surface area contributed by atoms with E-state index < -0.39 is 11.5 Å². The van der Waals surface area contributed by atoms with Crippen LogP contribution in [0.2, 0.25) is 0 Å². The van der Waals surface area contributed by atoms with Crippen molar-refractivity contribution in [2.45, 2.75) is 38.5 Å². The Morgan fingerprint density at radius 3 is 2.96 bits per heavy atom. The third kappa shape index (κ3) is 4.89. The van der Waals surface area contributed by atoms with Crippen LogP contribution in [-0.4, -0.2) is 46.2 Å². The van der Waals surface area contributed by atoms with Crippen LogP contribution in [0.5, 0.6) is 0 Å². The van der Waals surface area contributed by atoms with Gasteiger partial charge in [0.05, 0.1) is 0 Å². The molecule has 0 radical (unpaired) electrons. The number of carbonyl (C=O) groups excluding carboxylic acids is 1. The first-order valence-electron chi connectivity index (χ1n) is 8.51. The number of rotatable bonds is 6. The quantitative estimate of drug-likeness (QED) is 0.628. The van der Waals surface area contributed by atoms with Gasteiger partial charge in [0.2, 0.25) is 0 Å². The van der Waals surface area contributed by atoms with Gasteiger partial charge in [-0.2, -0.15) is 5.21 Å². The van der Waals surface area contributed by atoms with Crippen LogP contribution in [-0.2, 0) is 6.42 Å². The van der Waals surface area contributed by atoms with E-state index in [4.69, 9.17) is 4.42 Å². The molecule has 1 amide bonds. The van der Waals surface area contributed by atoms with Crippen LogP contribution < -0.4 is 16.3 Å². The molecule has 142 valence electrons. The van der Waals surface area contributed by atoms with Gasteiger partial charge in [-0.3, -0.25) is 4.79 Å². The van der Waals surface area contributed by atoms with Gasteiger partial charge in [0.25, 0.3) is 5.91 Å². The molecule has 1 saturated heterocycles. The van der Waals surface area contributed by atoms with Crippen molar-refractivity contribution in [1.29, 1.82) is 0 Å². The summed E-state index contributed by atoms with van der Waals surface area (Å²) >= 11 is 0. The minimum Gasteiger partial charge on any atom is -0.427 e. The van der Waals surface area contributed by atoms with Gasteiger partial charge in [0.1, 0.15) is 11.3 Å². The molecule has 0 bridgehead atoms. The Hall–Kier alpha value is -2.26. The average Bonchev–Trinajstić information content (AvgIpc) is 3.12. The number of tetrazole rings is 1. The molecule has 2 aromatic rings. The zero-order valence-electron chi connectivity index (χ0n) is 14.6. The lowest BCUT2D eigenvalue weighted by Gasteiger charge is -2.22. The van der Waals surface area contributed by atoms with E-state index >= 15 is 0 Å². The lowest BCUT2D eigenvalue weighted by molar-refractivity contribution is 0.0948. The smallest absolute Gasteiger partial charge is 0.349 e. The van der Waals surface area contributed by atoms with Gasteiger partial charge in [-0.05, 0) is 44.4 Å². The highest BCUT2D eigenvalue weighted by molar-refractivity contribution is 5.95. The van der Waals surface area contributed by atoms with Crippen LogP contribution in [0.3, 0.4) is 0 Å². The number of aromatic nitrogens is 4. The van der Waals surface area contributed by atoms with E-state index in [9.17, 15) is 9.59 Å². The Kier molecular flexibility index (Phi) is 7.28. The van der Waals surface area contributed by atoms with Crippen LogP contribution in [0.1, 0.15) is 52.7 Å². The van der Waals surface area contributed by atoms with Crippen molar-refractivity contribution in [1.82, 2.24) is 31.3 Å². The largest absolute Gasteiger partial charge is 0.427 e. The maximum absolute atomic E-state index is 12.3. The normalized spacial score (nSPS) is 16.7. The summed E-state index contributed by atoms with van der Waals surface area (Å²) in [7, 11) is 0. The van der Waals surface area contributed by atoms with E-state index in [2.05, 4.69) is 31.3 Å². The second kappa shape index (κ2) is 9.44. The number of piperidine rings is 1. The summed E-state index contributed by atoms with van der Waals surface area (Å²) in [5, 5.41) is 19.6. The number of hydrogen-bond donors (Lipinski definition) is 3. The van der Waals surface area contributed by atoms with Gasteiger partial charge in [-0.25, -0.2) is 4.79 Å². The molecule has 0 aliphatic carbocycles. The standard InChI is InChI=1S/C16H22N6O3.ClH/c1-10-8-12(11-4-2-6-17-9-11)25-16(24)14(10)15(23)18-7-3-5-13-19-21-22-20-13;/h8,11,17H,2-7,9H2,1H3,(H,18,23)(H,19,20,21,22);1H. The molecule has 1 aliphatic heterocycles. The van der Waals surface area contributed by atoms with Crippen molar-refractivity contribution in [2.24, 2.45) is 0 Å². The van der Waals surface area contributed by atoms with Crippen molar-refractivity contribution >= 4 is 18.3 Å². The first-order chi connectivity index (χ1) is 12.1. The summed E-state index contributed by atoms with van der Waals surface area (Å²) in [4.78, 5) is 24.6. The zero-order chi connectivity index (χ0) is 17.6. The van der Waals surface area contributed by atoms with Crippen molar-refractivity contribution in [2.75, 3.05) is 19.6 Å². The Balaban J connectivity index is 0.00000243. The highest BCUT2D eigenvalue weighted by Gasteiger charge is 2.22. The van der Waals surface area contributed by atoms with E-state index in [1.54, 1.807) is 6.92 Å². The van der Waals surface area contributed by atoms with Crippen LogP contribution in [0.15, 0.2) is 15.3 Å². The van der Waals surface area contributed by atoms with E-state index in [1.165, 1.54) is 0 Å². The summed E-state index contributed by atoms with van der Waals surface area (Å²) in [5.41, 5.74) is 0.149. The third-order valence-electron chi connectivity index (χ3n) is 4.35. The Morgan fingerprint density at radius 1 is 1.46 bits per heavy atom. The molecule has 0 saturated carbocycles. The SMILES string of the molecule is Cc1cc(C2CCCNC2)oc(=O)c1C(=O)NCCCc1nn[nH]n1.Cl. The van der Waals surface area contributed by atoms with E-state index in [-0.39, 0.29) is 23.9 Å². The number of H-pyrrole nitrogens is 1. The molecule has 1 aliphatic rings. The predicted octanol–water partition coefficient (Wildman–Crippen LogP) is 0.713. The molecule has 1 atom stereocenters. The molecule has 1 unspecified atom stereocenters. The zero-order valence-corrected chi connectivity index (χ0v) is 15.4. The van der Waals surface area contributed by atoms with Crippen molar-refractivity contribution in [3.05, 3.63) is 39.2 Å². The molecule has 3 N–H and O–H groups in total. The second-order valence-corrected chi connectivity index (χ2v) is 6.23. The van der Waals surface area contributed by atoms with Crippen LogP contribution in [0.4, 0.5) is 0 Å². The molecule has 0 aromatic carbocycles. The molecule has 3 rings (SSSR count). The topological polar surface area (TPSA) is 126 Å². The van der Waals surface area contributed by atoms with Gasteiger partial charge < -0.3 is 15.1 Å². The van der Waals surface area contributed by atoms with E-state index in [1.807, 2.05) is 6.07 Å². The highest BCUT2D eigenvalue weighted by Crippen LogP contribution is 2.23. The maximum Gasteiger partial charge on any atom is 0.349 e. The fourth-order valence-electron chi connectivity index (χ4n) is 3.03. The Morgan fingerprint density at radius 2 is 2.31 bits per heavy atom. The lowest BCUT2D eigenvalue weighted by atomic mass is 9.95. The third-order valence-corrected chi connectivity index (χ3v) is 4.35. The summed E-state index contributed by atoms with van der Waals surface area (Å²) in [6.45, 7) is 3.97. The fourth-order valence-corrected chi connectivity index (χ4v) is 3.03. The maximum atomic E-state index is 12.3. The van der Waals surface area contributed by atoms with Gasteiger partial charge >= 0.3 is 5.63 Å². The van der Waals surface area contributed by atoms with Gasteiger partial charge in [-0.1, -0.05) is 5.21 Å². The fraction of sp³-hybridized carbons (Fsp3) is 0.562. The number of nitrogens with zero attached hydrogens (tertiary/aromatic N) is 3. The second-order valence-electron chi connectivity index (χ2n) is 6.23.